The van der Waals surface area contributed by atoms with E-state index in [0.717, 1.165) is 0 Å². The van der Waals surface area contributed by atoms with Gasteiger partial charge in [0, 0.05) is 15.6 Å². The first kappa shape index (κ1) is 12.9. The van der Waals surface area contributed by atoms with Crippen LogP contribution >= 0.6 is 23.2 Å². The van der Waals surface area contributed by atoms with E-state index >= 15 is 0 Å². The highest BCUT2D eigenvalue weighted by atomic mass is 35.5. The van der Waals surface area contributed by atoms with E-state index in [1.54, 1.807) is 0 Å². The average Bonchev–Trinajstić information content (AvgIpc) is 2.31. The normalized spacial score (nSPS) is 10.4. The van der Waals surface area contributed by atoms with E-state index in [1.807, 2.05) is 0 Å². The lowest BCUT2D eigenvalue weighted by atomic mass is 9.99. The molecule has 0 atom stereocenters. The summed E-state index contributed by atoms with van der Waals surface area (Å²) in [4.78, 5) is 11.1. The molecule has 2 nitrogen and oxygen atoms in total. The average molecular weight is 285 g/mol. The Morgan fingerprint density at radius 3 is 2.44 bits per heavy atom. The van der Waals surface area contributed by atoms with Crippen LogP contribution in [0.25, 0.3) is 11.1 Å². The lowest BCUT2D eigenvalue weighted by Gasteiger charge is -2.09. The lowest BCUT2D eigenvalue weighted by molar-refractivity contribution is 0.0697. The summed E-state index contributed by atoms with van der Waals surface area (Å²) in [6.45, 7) is 0. The van der Waals surface area contributed by atoms with Crippen molar-refractivity contribution in [2.24, 2.45) is 0 Å². The third-order valence-electron chi connectivity index (χ3n) is 2.43. The van der Waals surface area contributed by atoms with E-state index in [2.05, 4.69) is 0 Å². The zero-order chi connectivity index (χ0) is 13.3. The maximum absolute atomic E-state index is 13.2. The van der Waals surface area contributed by atoms with Crippen molar-refractivity contribution in [3.8, 4) is 11.1 Å². The van der Waals surface area contributed by atoms with Crippen molar-refractivity contribution in [1.29, 1.82) is 0 Å². The van der Waals surface area contributed by atoms with Crippen LogP contribution in [-0.4, -0.2) is 11.1 Å². The second-order valence-corrected chi connectivity index (χ2v) is 4.46. The van der Waals surface area contributed by atoms with Crippen LogP contribution in [0.4, 0.5) is 4.39 Å². The zero-order valence-corrected chi connectivity index (χ0v) is 10.5. The molecule has 0 aliphatic heterocycles. The largest absolute Gasteiger partial charge is 0.478 e. The van der Waals surface area contributed by atoms with Gasteiger partial charge in [-0.2, -0.15) is 0 Å². The van der Waals surface area contributed by atoms with E-state index < -0.39 is 11.8 Å². The topological polar surface area (TPSA) is 37.3 Å². The Morgan fingerprint density at radius 1 is 1.06 bits per heavy atom. The Kier molecular flexibility index (Phi) is 3.55. The predicted molar refractivity (Wildman–Crippen MR) is 68.8 cm³/mol. The van der Waals surface area contributed by atoms with E-state index in [0.29, 0.717) is 16.1 Å². The van der Waals surface area contributed by atoms with Crippen molar-refractivity contribution >= 4 is 29.2 Å². The van der Waals surface area contributed by atoms with Gasteiger partial charge in [0.25, 0.3) is 0 Å². The van der Waals surface area contributed by atoms with E-state index in [1.165, 1.54) is 36.4 Å². The van der Waals surface area contributed by atoms with E-state index in [4.69, 9.17) is 28.3 Å². The van der Waals surface area contributed by atoms with Crippen LogP contribution in [0.5, 0.6) is 0 Å². The van der Waals surface area contributed by atoms with Crippen LogP contribution in [0.3, 0.4) is 0 Å². The molecule has 0 aliphatic rings. The molecule has 18 heavy (non-hydrogen) atoms. The molecule has 0 saturated carbocycles. The molecule has 0 aromatic heterocycles. The van der Waals surface area contributed by atoms with Gasteiger partial charge in [0.2, 0.25) is 0 Å². The number of aromatic carboxylic acids is 1. The fraction of sp³-hybridized carbons (Fsp3) is 0. The second kappa shape index (κ2) is 4.96. The first-order valence-corrected chi connectivity index (χ1v) is 5.73. The Bertz CT molecular complexity index is 626. The predicted octanol–water partition coefficient (Wildman–Crippen LogP) is 4.50. The number of carboxylic acids is 1. The fourth-order valence-corrected chi connectivity index (χ4v) is 2.02. The smallest absolute Gasteiger partial charge is 0.336 e. The van der Waals surface area contributed by atoms with Crippen LogP contribution in [0.1, 0.15) is 10.4 Å². The van der Waals surface area contributed by atoms with Gasteiger partial charge in [0.05, 0.1) is 5.56 Å². The van der Waals surface area contributed by atoms with Gasteiger partial charge in [-0.05, 0) is 42.0 Å². The fourth-order valence-electron chi connectivity index (χ4n) is 1.63. The van der Waals surface area contributed by atoms with Gasteiger partial charge >= 0.3 is 5.97 Å². The molecule has 0 aliphatic carbocycles. The number of rotatable bonds is 2. The summed E-state index contributed by atoms with van der Waals surface area (Å²) in [7, 11) is 0. The minimum Gasteiger partial charge on any atom is -0.478 e. The first-order valence-electron chi connectivity index (χ1n) is 4.97. The number of carbonyl (C=O) groups is 1. The third kappa shape index (κ3) is 2.47. The standard InChI is InChI=1S/C13H7Cl2FO2/c14-7-1-3-9(13(17)18)10(5-7)11-6-8(16)2-4-12(11)15/h1-6H,(H,17,18). The molecule has 1 N–H and O–H groups in total. The number of hydrogen-bond acceptors (Lipinski definition) is 1. The molecular formula is C13H7Cl2FO2. The Balaban J connectivity index is 2.73. The molecule has 0 amide bonds. The SMILES string of the molecule is O=C(O)c1ccc(Cl)cc1-c1cc(F)ccc1Cl. The van der Waals surface area contributed by atoms with Crippen LogP contribution in [0, 0.1) is 5.82 Å². The Labute approximate surface area is 113 Å². The summed E-state index contributed by atoms with van der Waals surface area (Å²) in [5.74, 6) is -1.62. The van der Waals surface area contributed by atoms with Gasteiger partial charge in [-0.15, -0.1) is 0 Å². The number of benzene rings is 2. The van der Waals surface area contributed by atoms with Crippen LogP contribution in [0.2, 0.25) is 10.0 Å². The Hall–Kier alpha value is -1.58. The second-order valence-electron chi connectivity index (χ2n) is 3.62. The van der Waals surface area contributed by atoms with Crippen molar-refractivity contribution in [1.82, 2.24) is 0 Å². The summed E-state index contributed by atoms with van der Waals surface area (Å²) in [6, 6.07) is 8.03. The molecular weight excluding hydrogens is 278 g/mol. The maximum atomic E-state index is 13.2. The monoisotopic (exact) mass is 284 g/mol. The summed E-state index contributed by atoms with van der Waals surface area (Å²) < 4.78 is 13.2. The third-order valence-corrected chi connectivity index (χ3v) is 3.00. The summed E-state index contributed by atoms with van der Waals surface area (Å²) in [6.07, 6.45) is 0. The minimum absolute atomic E-state index is 0.0203. The van der Waals surface area contributed by atoms with E-state index in [9.17, 15) is 9.18 Å². The molecule has 5 heteroatoms. The molecule has 0 heterocycles. The Morgan fingerprint density at radius 2 is 1.78 bits per heavy atom. The molecule has 0 saturated heterocycles. The van der Waals surface area contributed by atoms with Gasteiger partial charge in [-0.25, -0.2) is 9.18 Å². The highest BCUT2D eigenvalue weighted by molar-refractivity contribution is 6.34. The minimum atomic E-state index is -1.12. The first-order chi connectivity index (χ1) is 8.49. The molecule has 2 aromatic rings. The number of carboxylic acid groups (broad SMARTS) is 1. The van der Waals surface area contributed by atoms with Crippen LogP contribution in [-0.2, 0) is 0 Å². The van der Waals surface area contributed by atoms with Crippen LogP contribution < -0.4 is 0 Å². The van der Waals surface area contributed by atoms with Gasteiger partial charge in [0.1, 0.15) is 5.82 Å². The highest BCUT2D eigenvalue weighted by Gasteiger charge is 2.15. The summed E-state index contributed by atoms with van der Waals surface area (Å²) >= 11 is 11.8. The van der Waals surface area contributed by atoms with Crippen molar-refractivity contribution < 1.29 is 14.3 Å². The zero-order valence-electron chi connectivity index (χ0n) is 8.95. The van der Waals surface area contributed by atoms with Crippen LogP contribution in [0.15, 0.2) is 36.4 Å². The van der Waals surface area contributed by atoms with Gasteiger partial charge in [0.15, 0.2) is 0 Å². The molecule has 0 unspecified atom stereocenters. The van der Waals surface area contributed by atoms with Gasteiger partial charge in [-0.3, -0.25) is 0 Å². The van der Waals surface area contributed by atoms with Crippen molar-refractivity contribution in [2.45, 2.75) is 0 Å². The lowest BCUT2D eigenvalue weighted by Crippen LogP contribution is -1.99. The quantitative estimate of drug-likeness (QED) is 0.882. The van der Waals surface area contributed by atoms with Crippen molar-refractivity contribution in [3.63, 3.8) is 0 Å². The highest BCUT2D eigenvalue weighted by Crippen LogP contribution is 2.33. The molecule has 0 radical (unpaired) electrons. The number of halogens is 3. The maximum Gasteiger partial charge on any atom is 0.336 e. The summed E-state index contributed by atoms with van der Waals surface area (Å²) in [5, 5.41) is 9.72. The molecule has 0 fully saturated rings. The molecule has 0 bridgehead atoms. The van der Waals surface area contributed by atoms with Crippen molar-refractivity contribution in [2.75, 3.05) is 0 Å². The number of hydrogen-bond donors (Lipinski definition) is 1. The van der Waals surface area contributed by atoms with E-state index in [-0.39, 0.29) is 10.6 Å². The van der Waals surface area contributed by atoms with Gasteiger partial charge in [-0.1, -0.05) is 23.2 Å². The van der Waals surface area contributed by atoms with Gasteiger partial charge < -0.3 is 5.11 Å². The molecule has 2 rings (SSSR count). The molecule has 0 spiro atoms. The van der Waals surface area contributed by atoms with Crippen molar-refractivity contribution in [3.05, 3.63) is 57.8 Å². The molecule has 92 valence electrons. The summed E-state index contributed by atoms with van der Waals surface area (Å²) in [5.41, 5.74) is 0.614. The molecule has 2 aromatic carbocycles.